The van der Waals surface area contributed by atoms with Crippen LogP contribution in [0.4, 0.5) is 5.69 Å². The van der Waals surface area contributed by atoms with Gasteiger partial charge in [0.25, 0.3) is 0 Å². The second-order valence-corrected chi connectivity index (χ2v) is 5.60. The molecule has 2 aromatic rings. The van der Waals surface area contributed by atoms with Crippen LogP contribution < -0.4 is 5.32 Å². The van der Waals surface area contributed by atoms with Gasteiger partial charge in [0.1, 0.15) is 0 Å². The predicted octanol–water partition coefficient (Wildman–Crippen LogP) is 2.90. The molecule has 1 amide bonds. The zero-order valence-electron chi connectivity index (χ0n) is 11.8. The van der Waals surface area contributed by atoms with E-state index in [1.165, 1.54) is 6.20 Å². The van der Waals surface area contributed by atoms with Crippen molar-refractivity contribution < 1.29 is 9.59 Å². The highest BCUT2D eigenvalue weighted by Crippen LogP contribution is 2.30. The molecule has 5 nitrogen and oxygen atoms in total. The normalized spacial score (nSPS) is 13.7. The molecule has 3 rings (SSSR count). The van der Waals surface area contributed by atoms with Crippen molar-refractivity contribution in [3.63, 3.8) is 0 Å². The Morgan fingerprint density at radius 1 is 1.27 bits per heavy atom. The lowest BCUT2D eigenvalue weighted by Gasteiger charge is -2.06. The summed E-state index contributed by atoms with van der Waals surface area (Å²) in [5.74, 6) is 0.0620. The number of nitrogens with zero attached hydrogens (tertiary/aromatic N) is 2. The molecule has 0 bridgehead atoms. The quantitative estimate of drug-likeness (QED) is 0.680. The fourth-order valence-corrected chi connectivity index (χ4v) is 2.26. The summed E-state index contributed by atoms with van der Waals surface area (Å²) in [7, 11) is 0. The first-order chi connectivity index (χ1) is 10.6. The zero-order chi connectivity index (χ0) is 15.5. The maximum absolute atomic E-state index is 12.3. The third-order valence-corrected chi connectivity index (χ3v) is 3.61. The van der Waals surface area contributed by atoms with Gasteiger partial charge in [-0.25, -0.2) is 9.97 Å². The molecule has 0 saturated heterocycles. The molecule has 1 aromatic carbocycles. The van der Waals surface area contributed by atoms with E-state index in [1.807, 2.05) is 0 Å². The summed E-state index contributed by atoms with van der Waals surface area (Å²) in [6.45, 7) is 0. The number of hydrogen-bond donors (Lipinski definition) is 1. The van der Waals surface area contributed by atoms with Crippen molar-refractivity contribution in [1.29, 1.82) is 0 Å². The van der Waals surface area contributed by atoms with E-state index < -0.39 is 0 Å². The molecule has 0 atom stereocenters. The zero-order valence-corrected chi connectivity index (χ0v) is 12.5. The van der Waals surface area contributed by atoms with Crippen LogP contribution in [-0.2, 0) is 11.2 Å². The highest BCUT2D eigenvalue weighted by atomic mass is 35.5. The van der Waals surface area contributed by atoms with Gasteiger partial charge in [-0.1, -0.05) is 12.1 Å². The molecule has 112 valence electrons. The van der Waals surface area contributed by atoms with Crippen LogP contribution in [0.25, 0.3) is 0 Å². The lowest BCUT2D eigenvalue weighted by atomic mass is 10.1. The summed E-state index contributed by atoms with van der Waals surface area (Å²) in [5, 5.41) is 2.96. The fourth-order valence-electron chi connectivity index (χ4n) is 2.09. The molecular formula is C16H14ClN3O2. The number of aromatic nitrogens is 2. The monoisotopic (exact) mass is 315 g/mol. The van der Waals surface area contributed by atoms with Gasteiger partial charge in [-0.2, -0.15) is 0 Å². The Balaban J connectivity index is 1.70. The number of rotatable bonds is 5. The SMILES string of the molecule is O=C(Cc1ccnc(Cl)n1)c1cccc(NC(=O)C2CC2)c1. The Hall–Kier alpha value is -2.27. The number of carbonyl (C=O) groups excluding carboxylic acids is 2. The smallest absolute Gasteiger partial charge is 0.227 e. The lowest BCUT2D eigenvalue weighted by Crippen LogP contribution is -2.14. The Labute approximate surface area is 132 Å². The van der Waals surface area contributed by atoms with E-state index in [2.05, 4.69) is 15.3 Å². The number of anilines is 1. The summed E-state index contributed by atoms with van der Waals surface area (Å²) in [4.78, 5) is 31.8. The van der Waals surface area contributed by atoms with E-state index in [9.17, 15) is 9.59 Å². The number of amides is 1. The van der Waals surface area contributed by atoms with Crippen LogP contribution >= 0.6 is 11.6 Å². The Kier molecular flexibility index (Phi) is 4.15. The number of Topliss-reactive ketones (excluding diaryl/α,β-unsaturated/α-hetero) is 1. The Morgan fingerprint density at radius 2 is 2.09 bits per heavy atom. The molecule has 1 fully saturated rings. The van der Waals surface area contributed by atoms with Crippen LogP contribution in [0.3, 0.4) is 0 Å². The van der Waals surface area contributed by atoms with Crippen molar-refractivity contribution in [2.75, 3.05) is 5.32 Å². The van der Waals surface area contributed by atoms with Crippen LogP contribution in [0.5, 0.6) is 0 Å². The number of benzene rings is 1. The summed E-state index contributed by atoms with van der Waals surface area (Å²) in [6.07, 6.45) is 3.55. The molecule has 1 aliphatic rings. The highest BCUT2D eigenvalue weighted by molar-refractivity contribution is 6.28. The topological polar surface area (TPSA) is 72.0 Å². The van der Waals surface area contributed by atoms with Gasteiger partial charge in [0, 0.05) is 23.4 Å². The molecule has 0 aliphatic heterocycles. The van der Waals surface area contributed by atoms with Crippen molar-refractivity contribution >= 4 is 29.0 Å². The maximum Gasteiger partial charge on any atom is 0.227 e. The molecule has 0 spiro atoms. The van der Waals surface area contributed by atoms with E-state index in [1.54, 1.807) is 30.3 Å². The van der Waals surface area contributed by atoms with Gasteiger partial charge in [0.15, 0.2) is 5.78 Å². The molecule has 0 unspecified atom stereocenters. The molecular weight excluding hydrogens is 302 g/mol. The Bertz CT molecular complexity index is 729. The minimum Gasteiger partial charge on any atom is -0.326 e. The van der Waals surface area contributed by atoms with Crippen LogP contribution in [0, 0.1) is 5.92 Å². The maximum atomic E-state index is 12.3. The average molecular weight is 316 g/mol. The molecule has 0 radical (unpaired) electrons. The van der Waals surface area contributed by atoms with Gasteiger partial charge in [0.2, 0.25) is 11.2 Å². The van der Waals surface area contributed by atoms with Crippen molar-refractivity contribution in [3.8, 4) is 0 Å². The average Bonchev–Trinajstić information content (AvgIpc) is 3.32. The summed E-state index contributed by atoms with van der Waals surface area (Å²) < 4.78 is 0. The summed E-state index contributed by atoms with van der Waals surface area (Å²) in [5.41, 5.74) is 1.74. The summed E-state index contributed by atoms with van der Waals surface area (Å²) in [6, 6.07) is 8.59. The largest absolute Gasteiger partial charge is 0.326 e. The first-order valence-corrected chi connectivity index (χ1v) is 7.41. The van der Waals surface area contributed by atoms with Crippen molar-refractivity contribution in [2.24, 2.45) is 5.92 Å². The van der Waals surface area contributed by atoms with Crippen molar-refractivity contribution in [3.05, 3.63) is 53.1 Å². The van der Waals surface area contributed by atoms with Gasteiger partial charge >= 0.3 is 0 Å². The lowest BCUT2D eigenvalue weighted by molar-refractivity contribution is -0.117. The minimum atomic E-state index is -0.0858. The van der Waals surface area contributed by atoms with Crippen molar-refractivity contribution in [1.82, 2.24) is 9.97 Å². The fraction of sp³-hybridized carbons (Fsp3) is 0.250. The third-order valence-electron chi connectivity index (χ3n) is 3.43. The van der Waals surface area contributed by atoms with Crippen LogP contribution in [0.2, 0.25) is 5.28 Å². The van der Waals surface area contributed by atoms with Gasteiger partial charge in [0.05, 0.1) is 12.1 Å². The first-order valence-electron chi connectivity index (χ1n) is 7.03. The van der Waals surface area contributed by atoms with E-state index in [-0.39, 0.29) is 29.3 Å². The van der Waals surface area contributed by atoms with E-state index in [4.69, 9.17) is 11.6 Å². The number of ketones is 1. The number of halogens is 1. The van der Waals surface area contributed by atoms with Crippen LogP contribution in [0.15, 0.2) is 36.5 Å². The Morgan fingerprint density at radius 3 is 2.82 bits per heavy atom. The predicted molar refractivity (Wildman–Crippen MR) is 82.9 cm³/mol. The number of hydrogen-bond acceptors (Lipinski definition) is 4. The molecule has 1 heterocycles. The van der Waals surface area contributed by atoms with Crippen LogP contribution in [0.1, 0.15) is 28.9 Å². The summed E-state index contributed by atoms with van der Waals surface area (Å²) >= 11 is 5.71. The molecule has 1 N–H and O–H groups in total. The van der Waals surface area contributed by atoms with Crippen LogP contribution in [-0.4, -0.2) is 21.7 Å². The molecule has 1 saturated carbocycles. The van der Waals surface area contributed by atoms with E-state index >= 15 is 0 Å². The highest BCUT2D eigenvalue weighted by Gasteiger charge is 2.29. The van der Waals surface area contributed by atoms with Gasteiger partial charge in [-0.05, 0) is 42.6 Å². The van der Waals surface area contributed by atoms with Gasteiger partial charge in [-0.3, -0.25) is 9.59 Å². The minimum absolute atomic E-state index is 0.0205. The van der Waals surface area contributed by atoms with Gasteiger partial charge < -0.3 is 5.32 Å². The van der Waals surface area contributed by atoms with E-state index in [0.717, 1.165) is 12.8 Å². The third kappa shape index (κ3) is 3.68. The molecule has 1 aliphatic carbocycles. The molecule has 6 heteroatoms. The number of nitrogens with one attached hydrogen (secondary N) is 1. The standard InChI is InChI=1S/C16H14ClN3O2/c17-16-18-7-6-13(20-16)9-14(21)11-2-1-3-12(8-11)19-15(22)10-4-5-10/h1-3,6-8,10H,4-5,9H2,(H,19,22). The second kappa shape index (κ2) is 6.23. The van der Waals surface area contributed by atoms with E-state index in [0.29, 0.717) is 16.9 Å². The second-order valence-electron chi connectivity index (χ2n) is 5.26. The van der Waals surface area contributed by atoms with Gasteiger partial charge in [-0.15, -0.1) is 0 Å². The molecule has 1 aromatic heterocycles. The number of carbonyl (C=O) groups is 2. The molecule has 22 heavy (non-hydrogen) atoms. The first kappa shape index (κ1) is 14.7. The van der Waals surface area contributed by atoms with Crippen molar-refractivity contribution in [2.45, 2.75) is 19.3 Å².